The molecule has 0 aliphatic carbocycles. The van der Waals surface area contributed by atoms with E-state index in [1.54, 1.807) is 73.8 Å². The minimum absolute atomic E-state index is 0. The number of benzene rings is 5. The van der Waals surface area contributed by atoms with E-state index in [1.165, 1.54) is 26.4 Å². The SMILES string of the molecule is C.COc1ccccc1-c1cc(-c2ccccc2OC)c(F)cc1F.COc1ccccc1O[B]O.Fc1cc(F)c(Br)cc1Br.[BH4-]. The largest absolute Gasteiger partial charge is 0.569 e. The second-order valence-corrected chi connectivity index (χ2v) is 10.5. The highest BCUT2D eigenvalue weighted by atomic mass is 79.9. The first-order chi connectivity index (χ1) is 21.6. The summed E-state index contributed by atoms with van der Waals surface area (Å²) in [6, 6.07) is 25.7. The molecule has 0 saturated heterocycles. The lowest BCUT2D eigenvalue weighted by molar-refractivity contribution is 0.381. The maximum absolute atomic E-state index is 14.4. The fraction of sp³-hybridized carbons (Fsp3) is 0.118. The Labute approximate surface area is 291 Å². The molecule has 0 heterocycles. The van der Waals surface area contributed by atoms with Gasteiger partial charge in [0.2, 0.25) is 0 Å². The van der Waals surface area contributed by atoms with Gasteiger partial charge in [-0.15, -0.1) is 0 Å². The van der Waals surface area contributed by atoms with E-state index in [9.17, 15) is 17.6 Å². The summed E-state index contributed by atoms with van der Waals surface area (Å²) in [5, 5.41) is 8.34. The van der Waals surface area contributed by atoms with Gasteiger partial charge in [-0.05, 0) is 68.3 Å². The van der Waals surface area contributed by atoms with Crippen molar-refractivity contribution in [2.45, 2.75) is 7.43 Å². The monoisotopic (exact) mass is 778 g/mol. The number of ether oxygens (including phenoxy) is 3. The highest BCUT2D eigenvalue weighted by Gasteiger charge is 2.17. The Morgan fingerprint density at radius 1 is 0.511 bits per heavy atom. The van der Waals surface area contributed by atoms with Crippen molar-refractivity contribution in [3.63, 3.8) is 0 Å². The number of hydrogen-bond donors (Lipinski definition) is 1. The molecule has 0 bridgehead atoms. The van der Waals surface area contributed by atoms with Gasteiger partial charge in [0.05, 0.1) is 30.3 Å². The third-order valence-electron chi connectivity index (χ3n) is 6.06. The summed E-state index contributed by atoms with van der Waals surface area (Å²) in [6.45, 7) is 0. The fourth-order valence-electron chi connectivity index (χ4n) is 3.97. The zero-order chi connectivity index (χ0) is 32.9. The van der Waals surface area contributed by atoms with Crippen molar-refractivity contribution in [2.24, 2.45) is 0 Å². The van der Waals surface area contributed by atoms with Crippen molar-refractivity contribution in [3.8, 4) is 45.3 Å². The van der Waals surface area contributed by atoms with Gasteiger partial charge in [0.15, 0.2) is 5.75 Å². The zero-order valence-electron chi connectivity index (χ0n) is 24.2. The van der Waals surface area contributed by atoms with Crippen LogP contribution in [-0.2, 0) is 0 Å². The lowest BCUT2D eigenvalue weighted by atomic mass is 9.97. The molecule has 0 aliphatic heterocycles. The van der Waals surface area contributed by atoms with Crippen LogP contribution in [0.3, 0.4) is 0 Å². The molecule has 1 N–H and O–H groups in total. The van der Waals surface area contributed by atoms with Gasteiger partial charge in [0, 0.05) is 34.4 Å². The van der Waals surface area contributed by atoms with Crippen LogP contribution in [0.25, 0.3) is 22.3 Å². The molecule has 0 unspecified atom stereocenters. The van der Waals surface area contributed by atoms with Crippen molar-refractivity contribution in [1.29, 1.82) is 0 Å². The molecule has 5 rings (SSSR count). The molecule has 0 fully saturated rings. The van der Waals surface area contributed by atoms with Crippen LogP contribution in [0.5, 0.6) is 23.0 Å². The van der Waals surface area contributed by atoms with E-state index in [1.807, 2.05) is 6.07 Å². The van der Waals surface area contributed by atoms with Gasteiger partial charge in [0.1, 0.15) is 40.5 Å². The predicted molar refractivity (Wildman–Crippen MR) is 192 cm³/mol. The van der Waals surface area contributed by atoms with E-state index in [0.29, 0.717) is 41.8 Å². The molecule has 249 valence electrons. The van der Waals surface area contributed by atoms with Gasteiger partial charge in [-0.2, -0.15) is 0 Å². The number of halogens is 6. The Kier molecular flexibility index (Phi) is 17.8. The van der Waals surface area contributed by atoms with Gasteiger partial charge in [-0.25, -0.2) is 17.6 Å². The molecule has 5 nitrogen and oxygen atoms in total. The summed E-state index contributed by atoms with van der Waals surface area (Å²) < 4.78 is 74.5. The highest BCUT2D eigenvalue weighted by molar-refractivity contribution is 9.11. The molecule has 5 aromatic rings. The molecule has 0 amide bonds. The van der Waals surface area contributed by atoms with E-state index >= 15 is 0 Å². The van der Waals surface area contributed by atoms with Crippen molar-refractivity contribution in [2.75, 3.05) is 21.3 Å². The summed E-state index contributed by atoms with van der Waals surface area (Å²) in [6.07, 6.45) is 0. The molecule has 13 heteroatoms. The number of methoxy groups -OCH3 is 3. The first kappa shape index (κ1) is 41.1. The van der Waals surface area contributed by atoms with Crippen LogP contribution < -0.4 is 18.9 Å². The summed E-state index contributed by atoms with van der Waals surface area (Å²) >= 11 is 5.82. The topological polar surface area (TPSA) is 57.2 Å². The van der Waals surface area contributed by atoms with E-state index in [4.69, 9.17) is 23.9 Å². The number of para-hydroxylation sites is 4. The van der Waals surface area contributed by atoms with Gasteiger partial charge in [-0.1, -0.05) is 64.4 Å². The Morgan fingerprint density at radius 3 is 1.26 bits per heavy atom. The molecule has 0 saturated carbocycles. The minimum atomic E-state index is -0.643. The number of rotatable bonds is 7. The second kappa shape index (κ2) is 20.3. The van der Waals surface area contributed by atoms with E-state index in [2.05, 4.69) is 31.9 Å². The first-order valence-electron chi connectivity index (χ1n) is 13.0. The lowest BCUT2D eigenvalue weighted by Crippen LogP contribution is -2.01. The molecule has 1 radical (unpaired) electrons. The van der Waals surface area contributed by atoms with E-state index in [0.717, 1.165) is 12.1 Å². The normalized spacial score (nSPS) is 9.57. The van der Waals surface area contributed by atoms with Crippen molar-refractivity contribution >= 4 is 48.0 Å². The summed E-state index contributed by atoms with van der Waals surface area (Å²) in [5.41, 5.74) is 1.67. The first-order valence-corrected chi connectivity index (χ1v) is 14.5. The van der Waals surface area contributed by atoms with Gasteiger partial charge >= 0.3 is 7.69 Å². The Balaban J connectivity index is 0.000000401. The van der Waals surface area contributed by atoms with Crippen LogP contribution >= 0.6 is 31.9 Å². The van der Waals surface area contributed by atoms with Crippen LogP contribution in [0.4, 0.5) is 17.6 Å². The molecule has 5 aromatic carbocycles. The second-order valence-electron chi connectivity index (χ2n) is 8.77. The molecule has 0 aromatic heterocycles. The van der Waals surface area contributed by atoms with Crippen LogP contribution in [-0.4, -0.2) is 42.5 Å². The summed E-state index contributed by atoms with van der Waals surface area (Å²) in [4.78, 5) is 0. The molecule has 0 spiro atoms. The average Bonchev–Trinajstić information content (AvgIpc) is 3.05. The van der Waals surface area contributed by atoms with E-state index in [-0.39, 0.29) is 35.9 Å². The van der Waals surface area contributed by atoms with Crippen LogP contribution in [0.1, 0.15) is 7.43 Å². The fourth-order valence-corrected chi connectivity index (χ4v) is 4.96. The molecular weight excluding hydrogens is 746 g/mol. The van der Waals surface area contributed by atoms with Crippen molar-refractivity contribution in [3.05, 3.63) is 129 Å². The van der Waals surface area contributed by atoms with Crippen LogP contribution in [0.2, 0.25) is 0 Å². The molecule has 0 atom stereocenters. The summed E-state index contributed by atoms with van der Waals surface area (Å²) in [7, 11) is 5.19. The third kappa shape index (κ3) is 11.1. The number of hydrogen-bond acceptors (Lipinski definition) is 5. The smallest absolute Gasteiger partial charge is 0.535 e. The Morgan fingerprint density at radius 2 is 0.872 bits per heavy atom. The predicted octanol–water partition coefficient (Wildman–Crippen LogP) is 8.59. The third-order valence-corrected chi connectivity index (χ3v) is 7.28. The van der Waals surface area contributed by atoms with E-state index < -0.39 is 23.3 Å². The van der Waals surface area contributed by atoms with Gasteiger partial charge in [0.25, 0.3) is 0 Å². The van der Waals surface area contributed by atoms with Gasteiger partial charge < -0.3 is 23.9 Å². The van der Waals surface area contributed by atoms with Crippen molar-refractivity contribution in [1.82, 2.24) is 0 Å². The van der Waals surface area contributed by atoms with Crippen LogP contribution in [0, 0.1) is 23.3 Å². The zero-order valence-corrected chi connectivity index (χ0v) is 27.3. The maximum Gasteiger partial charge on any atom is 0.569 e. The molecule has 47 heavy (non-hydrogen) atoms. The Hall–Kier alpha value is -3.93. The average molecular weight is 780 g/mol. The van der Waals surface area contributed by atoms with Gasteiger partial charge in [-0.3, -0.25) is 0 Å². The Bertz CT molecular complexity index is 1610. The molecular formula is C34H34B2Br2F4O5-. The minimum Gasteiger partial charge on any atom is -0.535 e. The maximum atomic E-state index is 14.4. The highest BCUT2D eigenvalue weighted by Crippen LogP contribution is 2.38. The van der Waals surface area contributed by atoms with Crippen molar-refractivity contribution < 1.29 is 41.5 Å². The summed E-state index contributed by atoms with van der Waals surface area (Å²) in [5.74, 6) is -0.342. The van der Waals surface area contributed by atoms with Crippen LogP contribution in [0.15, 0.2) is 106 Å². The standard InChI is InChI=1S/C20H16F2O2.C7H8BO3.C6H2Br2F2.CH4.BH4/c1-23-19-9-5-3-7-13(19)15-11-16(18(22)12-17(15)21)14-8-4-6-10-20(14)24-2;1-10-6-4-2-3-5-7(6)11-8-9;7-3-1-4(8)6(10)2-5(3)9;;/h3-12H,1-2H3;2-5,9H,1H3;1-2H;2*1H4/q;;;;-1. The lowest BCUT2D eigenvalue weighted by Gasteiger charge is -2.14. The molecule has 0 aliphatic rings. The quantitative estimate of drug-likeness (QED) is 0.102.